The van der Waals surface area contributed by atoms with Gasteiger partial charge in [-0.15, -0.1) is 0 Å². The van der Waals surface area contributed by atoms with Crippen molar-refractivity contribution in [3.05, 3.63) is 53.6 Å². The first-order valence-electron chi connectivity index (χ1n) is 11.0. The van der Waals surface area contributed by atoms with Gasteiger partial charge in [-0.3, -0.25) is 4.79 Å². The monoisotopic (exact) mass is 460 g/mol. The van der Waals surface area contributed by atoms with E-state index >= 15 is 0 Å². The number of methoxy groups -OCH3 is 1. The molecule has 0 saturated carbocycles. The fraction of sp³-hybridized carbons (Fsp3) is 0.458. The van der Waals surface area contributed by atoms with E-state index in [0.717, 1.165) is 11.1 Å². The van der Waals surface area contributed by atoms with Gasteiger partial charge in [0.05, 0.1) is 18.6 Å². The molecule has 0 aromatic heterocycles. The predicted octanol–water partition coefficient (Wildman–Crippen LogP) is 3.51. The Morgan fingerprint density at radius 1 is 1.09 bits per heavy atom. The molecule has 1 aliphatic rings. The van der Waals surface area contributed by atoms with Crippen LogP contribution >= 0.6 is 0 Å². The number of carbonyl (C=O) groups excluding carboxylic acids is 1. The topological polar surface area (TPSA) is 84.9 Å². The van der Waals surface area contributed by atoms with Crippen molar-refractivity contribution in [3.63, 3.8) is 0 Å². The zero-order valence-corrected chi connectivity index (χ0v) is 19.8. The SMILES string of the molecule is CCOc1cc(CNC(=O)CC2CCN(S(=O)(=O)c3ccc(C)cc3)CC2)ccc1OC. The molecule has 8 heteroatoms. The summed E-state index contributed by atoms with van der Waals surface area (Å²) in [5.74, 6) is 1.46. The number of sulfonamides is 1. The smallest absolute Gasteiger partial charge is 0.243 e. The highest BCUT2D eigenvalue weighted by Gasteiger charge is 2.30. The van der Waals surface area contributed by atoms with Crippen molar-refractivity contribution in [2.75, 3.05) is 26.8 Å². The average Bonchev–Trinajstić information content (AvgIpc) is 2.79. The van der Waals surface area contributed by atoms with Crippen molar-refractivity contribution in [1.29, 1.82) is 0 Å². The molecule has 1 aliphatic heterocycles. The molecule has 0 radical (unpaired) electrons. The largest absolute Gasteiger partial charge is 0.493 e. The molecule has 0 unspecified atom stereocenters. The van der Waals surface area contributed by atoms with Crippen LogP contribution in [-0.4, -0.2) is 45.4 Å². The molecule has 1 saturated heterocycles. The Balaban J connectivity index is 1.48. The number of carbonyl (C=O) groups is 1. The van der Waals surface area contributed by atoms with Gasteiger partial charge in [-0.2, -0.15) is 4.31 Å². The van der Waals surface area contributed by atoms with Gasteiger partial charge < -0.3 is 14.8 Å². The van der Waals surface area contributed by atoms with Crippen LogP contribution < -0.4 is 14.8 Å². The number of nitrogens with one attached hydrogen (secondary N) is 1. The van der Waals surface area contributed by atoms with Crippen LogP contribution in [0, 0.1) is 12.8 Å². The summed E-state index contributed by atoms with van der Waals surface area (Å²) >= 11 is 0. The Bertz CT molecular complexity index is 1010. The van der Waals surface area contributed by atoms with Crippen molar-refractivity contribution in [2.45, 2.75) is 44.6 Å². The van der Waals surface area contributed by atoms with E-state index in [1.165, 1.54) is 4.31 Å². The second-order valence-corrected chi connectivity index (χ2v) is 10.00. The molecule has 2 aromatic rings. The summed E-state index contributed by atoms with van der Waals surface area (Å²) in [6, 6.07) is 12.5. The predicted molar refractivity (Wildman–Crippen MR) is 123 cm³/mol. The summed E-state index contributed by atoms with van der Waals surface area (Å²) in [6.07, 6.45) is 1.75. The standard InChI is InChI=1S/C24H32N2O5S/c1-4-31-23-15-20(7-10-22(23)30-3)17-25-24(27)16-19-11-13-26(14-12-19)32(28,29)21-8-5-18(2)6-9-21/h5-10,15,19H,4,11-14,16-17H2,1-3H3,(H,25,27). The summed E-state index contributed by atoms with van der Waals surface area (Å²) in [4.78, 5) is 12.8. The number of piperidine rings is 1. The molecule has 7 nitrogen and oxygen atoms in total. The van der Waals surface area contributed by atoms with Gasteiger partial charge in [0.25, 0.3) is 0 Å². The third-order valence-corrected chi connectivity index (χ3v) is 7.64. The summed E-state index contributed by atoms with van der Waals surface area (Å²) in [5.41, 5.74) is 1.96. The maximum absolute atomic E-state index is 12.8. The summed E-state index contributed by atoms with van der Waals surface area (Å²) in [5, 5.41) is 2.96. The van der Waals surface area contributed by atoms with E-state index in [9.17, 15) is 13.2 Å². The van der Waals surface area contributed by atoms with E-state index in [-0.39, 0.29) is 11.8 Å². The summed E-state index contributed by atoms with van der Waals surface area (Å²) < 4.78 is 38.1. The minimum absolute atomic E-state index is 0.0291. The number of benzene rings is 2. The lowest BCUT2D eigenvalue weighted by Crippen LogP contribution is -2.39. The quantitative estimate of drug-likeness (QED) is 0.619. The van der Waals surface area contributed by atoms with E-state index in [4.69, 9.17) is 9.47 Å². The number of rotatable bonds is 9. The molecule has 32 heavy (non-hydrogen) atoms. The van der Waals surface area contributed by atoms with Crippen LogP contribution in [0.3, 0.4) is 0 Å². The van der Waals surface area contributed by atoms with Gasteiger partial charge in [-0.05, 0) is 62.4 Å². The highest BCUT2D eigenvalue weighted by Crippen LogP contribution is 2.28. The molecule has 1 N–H and O–H groups in total. The van der Waals surface area contributed by atoms with E-state index in [2.05, 4.69) is 5.32 Å². The van der Waals surface area contributed by atoms with Crippen LogP contribution in [0.25, 0.3) is 0 Å². The second kappa shape index (κ2) is 10.8. The van der Waals surface area contributed by atoms with Gasteiger partial charge in [-0.1, -0.05) is 23.8 Å². The molecule has 0 aliphatic carbocycles. The molecule has 1 amide bonds. The number of nitrogens with zero attached hydrogens (tertiary/aromatic N) is 1. The fourth-order valence-corrected chi connectivity index (χ4v) is 5.32. The van der Waals surface area contributed by atoms with Crippen molar-refractivity contribution in [3.8, 4) is 11.5 Å². The van der Waals surface area contributed by atoms with Crippen molar-refractivity contribution in [1.82, 2.24) is 9.62 Å². The van der Waals surface area contributed by atoms with Gasteiger partial charge in [0.2, 0.25) is 15.9 Å². The highest BCUT2D eigenvalue weighted by atomic mass is 32.2. The number of aryl methyl sites for hydroxylation is 1. The van der Waals surface area contributed by atoms with E-state index in [1.807, 2.05) is 44.2 Å². The van der Waals surface area contributed by atoms with Gasteiger partial charge in [0.15, 0.2) is 11.5 Å². The lowest BCUT2D eigenvalue weighted by atomic mass is 9.94. The Hall–Kier alpha value is -2.58. The Morgan fingerprint density at radius 2 is 1.78 bits per heavy atom. The van der Waals surface area contributed by atoms with Gasteiger partial charge >= 0.3 is 0 Å². The van der Waals surface area contributed by atoms with Crippen molar-refractivity contribution < 1.29 is 22.7 Å². The fourth-order valence-electron chi connectivity index (χ4n) is 3.85. The average molecular weight is 461 g/mol. The Kier molecular flexibility index (Phi) is 8.15. The molecule has 2 aromatic carbocycles. The molecule has 1 heterocycles. The van der Waals surface area contributed by atoms with Gasteiger partial charge in [0, 0.05) is 26.1 Å². The normalized spacial score (nSPS) is 15.3. The molecule has 0 atom stereocenters. The van der Waals surface area contributed by atoms with Crippen LogP contribution in [0.15, 0.2) is 47.4 Å². The molecule has 0 bridgehead atoms. The lowest BCUT2D eigenvalue weighted by molar-refractivity contribution is -0.122. The van der Waals surface area contributed by atoms with Crippen LogP contribution in [-0.2, 0) is 21.4 Å². The summed E-state index contributed by atoms with van der Waals surface area (Å²) in [6.45, 7) is 5.65. The maximum atomic E-state index is 12.8. The first-order valence-corrected chi connectivity index (χ1v) is 12.4. The molecule has 0 spiro atoms. The number of hydrogen-bond acceptors (Lipinski definition) is 5. The minimum Gasteiger partial charge on any atom is -0.493 e. The molecular weight excluding hydrogens is 428 g/mol. The number of amides is 1. The van der Waals surface area contributed by atoms with E-state index in [0.29, 0.717) is 61.9 Å². The van der Waals surface area contributed by atoms with Gasteiger partial charge in [0.1, 0.15) is 0 Å². The zero-order valence-electron chi connectivity index (χ0n) is 19.0. The maximum Gasteiger partial charge on any atom is 0.243 e. The zero-order chi connectivity index (χ0) is 23.1. The van der Waals surface area contributed by atoms with Crippen molar-refractivity contribution in [2.24, 2.45) is 5.92 Å². The third-order valence-electron chi connectivity index (χ3n) is 5.72. The third kappa shape index (κ3) is 6.01. The lowest BCUT2D eigenvalue weighted by Gasteiger charge is -2.31. The second-order valence-electron chi connectivity index (χ2n) is 8.06. The highest BCUT2D eigenvalue weighted by molar-refractivity contribution is 7.89. The van der Waals surface area contributed by atoms with Gasteiger partial charge in [-0.25, -0.2) is 8.42 Å². The van der Waals surface area contributed by atoms with E-state index < -0.39 is 10.0 Å². The first-order chi connectivity index (χ1) is 15.3. The van der Waals surface area contributed by atoms with Crippen LogP contribution in [0.5, 0.6) is 11.5 Å². The van der Waals surface area contributed by atoms with Crippen LogP contribution in [0.4, 0.5) is 0 Å². The molecule has 1 fully saturated rings. The summed E-state index contributed by atoms with van der Waals surface area (Å²) in [7, 11) is -1.89. The number of ether oxygens (including phenoxy) is 2. The van der Waals surface area contributed by atoms with Crippen LogP contribution in [0.2, 0.25) is 0 Å². The van der Waals surface area contributed by atoms with Crippen molar-refractivity contribution >= 4 is 15.9 Å². The molecule has 174 valence electrons. The minimum atomic E-state index is -3.48. The first kappa shape index (κ1) is 24.1. The number of hydrogen-bond donors (Lipinski definition) is 1. The Morgan fingerprint density at radius 3 is 2.41 bits per heavy atom. The molecular formula is C24H32N2O5S. The van der Waals surface area contributed by atoms with E-state index in [1.54, 1.807) is 19.2 Å². The Labute approximate surface area is 190 Å². The molecule has 3 rings (SSSR count). The van der Waals surface area contributed by atoms with Crippen LogP contribution in [0.1, 0.15) is 37.3 Å².